The summed E-state index contributed by atoms with van der Waals surface area (Å²) in [5.41, 5.74) is 1.57. The molecular formula is C22H19ClN2O4. The Morgan fingerprint density at radius 2 is 1.48 bits per heavy atom. The molecule has 0 aliphatic heterocycles. The molecule has 0 aliphatic rings. The van der Waals surface area contributed by atoms with Gasteiger partial charge in [0.2, 0.25) is 0 Å². The van der Waals surface area contributed by atoms with Crippen molar-refractivity contribution < 1.29 is 19.1 Å². The molecule has 2 amide bonds. The molecule has 0 fully saturated rings. The lowest BCUT2D eigenvalue weighted by Crippen LogP contribution is -2.18. The summed E-state index contributed by atoms with van der Waals surface area (Å²) in [6.45, 7) is 0. The standard InChI is InChI=1S/C22H19ClN2O4/c1-28-16-11-12-20(29-2)18(13-16)22(27)25-19-6-4-3-5-17(19)21(26)24-15-9-7-14(23)8-10-15/h3-13H,1-2H3,(H,24,26)(H,25,27). The third-order valence-electron chi connectivity index (χ3n) is 4.17. The van der Waals surface area contributed by atoms with Gasteiger partial charge in [-0.15, -0.1) is 0 Å². The van der Waals surface area contributed by atoms with Crippen molar-refractivity contribution in [2.24, 2.45) is 0 Å². The molecule has 0 saturated carbocycles. The first-order chi connectivity index (χ1) is 14.0. The van der Waals surface area contributed by atoms with Crippen LogP contribution in [0.15, 0.2) is 66.7 Å². The molecule has 148 valence electrons. The van der Waals surface area contributed by atoms with Crippen molar-refractivity contribution in [1.82, 2.24) is 0 Å². The highest BCUT2D eigenvalue weighted by Crippen LogP contribution is 2.26. The van der Waals surface area contributed by atoms with Gasteiger partial charge in [0.25, 0.3) is 11.8 Å². The first-order valence-electron chi connectivity index (χ1n) is 8.71. The molecule has 29 heavy (non-hydrogen) atoms. The number of amides is 2. The molecule has 0 spiro atoms. The number of hydrogen-bond acceptors (Lipinski definition) is 4. The van der Waals surface area contributed by atoms with E-state index in [1.54, 1.807) is 66.7 Å². The van der Waals surface area contributed by atoms with Gasteiger partial charge in [0.1, 0.15) is 11.5 Å². The number of carbonyl (C=O) groups is 2. The molecule has 2 N–H and O–H groups in total. The minimum absolute atomic E-state index is 0.291. The summed E-state index contributed by atoms with van der Waals surface area (Å²) in [4.78, 5) is 25.6. The van der Waals surface area contributed by atoms with Crippen LogP contribution in [-0.2, 0) is 0 Å². The van der Waals surface area contributed by atoms with Gasteiger partial charge in [-0.25, -0.2) is 0 Å². The van der Waals surface area contributed by atoms with Crippen LogP contribution in [0.1, 0.15) is 20.7 Å². The smallest absolute Gasteiger partial charge is 0.259 e. The number of hydrogen-bond donors (Lipinski definition) is 2. The van der Waals surface area contributed by atoms with Crippen LogP contribution < -0.4 is 20.1 Å². The summed E-state index contributed by atoms with van der Waals surface area (Å²) in [5.74, 6) is 0.129. The Balaban J connectivity index is 1.84. The van der Waals surface area contributed by atoms with Gasteiger partial charge >= 0.3 is 0 Å². The zero-order valence-corrected chi connectivity index (χ0v) is 16.6. The number of carbonyl (C=O) groups excluding carboxylic acids is 2. The van der Waals surface area contributed by atoms with Crippen LogP contribution in [-0.4, -0.2) is 26.0 Å². The van der Waals surface area contributed by atoms with Crippen molar-refractivity contribution in [3.05, 3.63) is 82.9 Å². The number of rotatable bonds is 6. The van der Waals surface area contributed by atoms with E-state index < -0.39 is 5.91 Å². The largest absolute Gasteiger partial charge is 0.497 e. The van der Waals surface area contributed by atoms with E-state index in [0.717, 1.165) is 0 Å². The molecule has 6 nitrogen and oxygen atoms in total. The van der Waals surface area contributed by atoms with E-state index in [0.29, 0.717) is 39.0 Å². The number of anilines is 2. The van der Waals surface area contributed by atoms with Crippen LogP contribution in [0.2, 0.25) is 5.02 Å². The molecule has 7 heteroatoms. The van der Waals surface area contributed by atoms with Crippen LogP contribution in [0.5, 0.6) is 11.5 Å². The maximum Gasteiger partial charge on any atom is 0.259 e. The quantitative estimate of drug-likeness (QED) is 0.608. The molecule has 0 atom stereocenters. The van der Waals surface area contributed by atoms with Gasteiger partial charge < -0.3 is 20.1 Å². The van der Waals surface area contributed by atoms with Crippen LogP contribution >= 0.6 is 11.6 Å². The molecule has 0 aromatic heterocycles. The predicted molar refractivity (Wildman–Crippen MR) is 113 cm³/mol. The molecule has 3 rings (SSSR count). The highest BCUT2D eigenvalue weighted by molar-refractivity contribution is 6.30. The number of benzene rings is 3. The van der Waals surface area contributed by atoms with Crippen molar-refractivity contribution >= 4 is 34.8 Å². The average molecular weight is 411 g/mol. The summed E-state index contributed by atoms with van der Waals surface area (Å²) in [6.07, 6.45) is 0. The Bertz CT molecular complexity index is 1040. The maximum absolute atomic E-state index is 12.8. The van der Waals surface area contributed by atoms with E-state index in [2.05, 4.69) is 10.6 Å². The van der Waals surface area contributed by atoms with E-state index in [9.17, 15) is 9.59 Å². The summed E-state index contributed by atoms with van der Waals surface area (Å²) < 4.78 is 10.4. The van der Waals surface area contributed by atoms with Crippen LogP contribution in [0.4, 0.5) is 11.4 Å². The van der Waals surface area contributed by atoms with E-state index in [1.165, 1.54) is 14.2 Å². The van der Waals surface area contributed by atoms with Crippen molar-refractivity contribution in [3.63, 3.8) is 0 Å². The average Bonchev–Trinajstić information content (AvgIpc) is 2.75. The van der Waals surface area contributed by atoms with Crippen molar-refractivity contribution in [3.8, 4) is 11.5 Å². The molecule has 0 bridgehead atoms. The Labute approximate surface area is 173 Å². The van der Waals surface area contributed by atoms with Crippen molar-refractivity contribution in [2.75, 3.05) is 24.9 Å². The van der Waals surface area contributed by atoms with Gasteiger partial charge in [-0.3, -0.25) is 9.59 Å². The van der Waals surface area contributed by atoms with Crippen molar-refractivity contribution in [2.45, 2.75) is 0 Å². The van der Waals surface area contributed by atoms with E-state index >= 15 is 0 Å². The van der Waals surface area contributed by atoms with Crippen LogP contribution in [0.3, 0.4) is 0 Å². The lowest BCUT2D eigenvalue weighted by Gasteiger charge is -2.14. The lowest BCUT2D eigenvalue weighted by molar-refractivity contribution is 0.102. The Hall–Kier alpha value is -3.51. The van der Waals surface area contributed by atoms with Crippen LogP contribution in [0.25, 0.3) is 0 Å². The zero-order valence-electron chi connectivity index (χ0n) is 15.9. The highest BCUT2D eigenvalue weighted by atomic mass is 35.5. The lowest BCUT2D eigenvalue weighted by atomic mass is 10.1. The molecule has 3 aromatic rings. The topological polar surface area (TPSA) is 76.7 Å². The molecule has 0 aliphatic carbocycles. The summed E-state index contributed by atoms with van der Waals surface area (Å²) in [7, 11) is 2.99. The number of ether oxygens (including phenoxy) is 2. The predicted octanol–water partition coefficient (Wildman–Crippen LogP) is 4.86. The summed E-state index contributed by atoms with van der Waals surface area (Å²) in [5, 5.41) is 6.13. The third kappa shape index (κ3) is 4.86. The number of nitrogens with one attached hydrogen (secondary N) is 2. The maximum atomic E-state index is 12.8. The fourth-order valence-corrected chi connectivity index (χ4v) is 2.83. The first kappa shape index (κ1) is 20.2. The minimum Gasteiger partial charge on any atom is -0.497 e. The first-order valence-corrected chi connectivity index (χ1v) is 9.09. The monoisotopic (exact) mass is 410 g/mol. The molecule has 3 aromatic carbocycles. The third-order valence-corrected chi connectivity index (χ3v) is 4.43. The Kier molecular flexibility index (Phi) is 6.36. The normalized spacial score (nSPS) is 10.2. The Morgan fingerprint density at radius 1 is 0.793 bits per heavy atom. The van der Waals surface area contributed by atoms with Crippen molar-refractivity contribution in [1.29, 1.82) is 0 Å². The van der Waals surface area contributed by atoms with Gasteiger partial charge in [-0.1, -0.05) is 23.7 Å². The number of halogens is 1. The van der Waals surface area contributed by atoms with Gasteiger partial charge in [-0.2, -0.15) is 0 Å². The van der Waals surface area contributed by atoms with Crippen LogP contribution in [0, 0.1) is 0 Å². The second-order valence-corrected chi connectivity index (χ2v) is 6.46. The number of methoxy groups -OCH3 is 2. The zero-order chi connectivity index (χ0) is 20.8. The van der Waals surface area contributed by atoms with Gasteiger partial charge in [-0.05, 0) is 54.6 Å². The van der Waals surface area contributed by atoms with Gasteiger partial charge in [0.15, 0.2) is 0 Å². The van der Waals surface area contributed by atoms with E-state index in [4.69, 9.17) is 21.1 Å². The van der Waals surface area contributed by atoms with E-state index in [1.807, 2.05) is 0 Å². The molecule has 0 saturated heterocycles. The fraction of sp³-hybridized carbons (Fsp3) is 0.0909. The Morgan fingerprint density at radius 3 is 2.17 bits per heavy atom. The second-order valence-electron chi connectivity index (χ2n) is 6.03. The molecule has 0 radical (unpaired) electrons. The second kappa shape index (κ2) is 9.12. The SMILES string of the molecule is COc1ccc(OC)c(C(=O)Nc2ccccc2C(=O)Nc2ccc(Cl)cc2)c1. The highest BCUT2D eigenvalue weighted by Gasteiger charge is 2.17. The molecule has 0 unspecified atom stereocenters. The van der Waals surface area contributed by atoms with Gasteiger partial charge in [0, 0.05) is 10.7 Å². The molecular weight excluding hydrogens is 392 g/mol. The van der Waals surface area contributed by atoms with E-state index in [-0.39, 0.29) is 5.91 Å². The summed E-state index contributed by atoms with van der Waals surface area (Å²) >= 11 is 5.87. The summed E-state index contributed by atoms with van der Waals surface area (Å²) in [6, 6.07) is 18.4. The van der Waals surface area contributed by atoms with Gasteiger partial charge in [0.05, 0.1) is 31.0 Å². The fourth-order valence-electron chi connectivity index (χ4n) is 2.70. The number of para-hydroxylation sites is 1. The minimum atomic E-state index is -0.424. The molecule has 0 heterocycles.